The zero-order valence-electron chi connectivity index (χ0n) is 16.1. The summed E-state index contributed by atoms with van der Waals surface area (Å²) in [4.78, 5) is 41.8. The molecule has 0 unspecified atom stereocenters. The van der Waals surface area contributed by atoms with Crippen LogP contribution in [0.15, 0.2) is 36.4 Å². The highest BCUT2D eigenvalue weighted by molar-refractivity contribution is 6.35. The second kappa shape index (κ2) is 7.20. The number of amides is 3. The van der Waals surface area contributed by atoms with E-state index < -0.39 is 0 Å². The summed E-state index contributed by atoms with van der Waals surface area (Å²) in [6, 6.07) is 10.5. The van der Waals surface area contributed by atoms with Crippen LogP contribution < -0.4 is 10.2 Å². The molecule has 1 fully saturated rings. The Balaban J connectivity index is 1.67. The van der Waals surface area contributed by atoms with Gasteiger partial charge in [0.15, 0.2) is 0 Å². The number of hydrogen-bond acceptors (Lipinski definition) is 4. The SMILES string of the molecule is Cc1ccc(C)c(N2C(=O)c3ccc(C(=O)N4CCCNCC4)cc3C2=O)c1. The van der Waals surface area contributed by atoms with Crippen LogP contribution in [0.4, 0.5) is 5.69 Å². The Morgan fingerprint density at radius 3 is 2.54 bits per heavy atom. The first-order valence-corrected chi connectivity index (χ1v) is 9.57. The number of nitrogens with zero attached hydrogens (tertiary/aromatic N) is 2. The van der Waals surface area contributed by atoms with E-state index in [2.05, 4.69) is 5.32 Å². The number of hydrogen-bond donors (Lipinski definition) is 1. The first-order valence-electron chi connectivity index (χ1n) is 9.57. The first kappa shape index (κ1) is 18.4. The summed E-state index contributed by atoms with van der Waals surface area (Å²) >= 11 is 0. The average Bonchev–Trinajstić information content (AvgIpc) is 2.88. The molecule has 6 nitrogen and oxygen atoms in total. The molecule has 0 spiro atoms. The maximum Gasteiger partial charge on any atom is 0.266 e. The minimum atomic E-state index is -0.374. The van der Waals surface area contributed by atoms with Crippen molar-refractivity contribution in [2.24, 2.45) is 0 Å². The fourth-order valence-electron chi connectivity index (χ4n) is 3.78. The van der Waals surface area contributed by atoms with Crippen LogP contribution in [0.25, 0.3) is 0 Å². The lowest BCUT2D eigenvalue weighted by Crippen LogP contribution is -2.34. The van der Waals surface area contributed by atoms with Gasteiger partial charge in [-0.25, -0.2) is 4.90 Å². The predicted molar refractivity (Wildman–Crippen MR) is 107 cm³/mol. The second-order valence-corrected chi connectivity index (χ2v) is 7.39. The Hall–Kier alpha value is -2.99. The van der Waals surface area contributed by atoms with Crippen molar-refractivity contribution in [2.75, 3.05) is 31.1 Å². The summed E-state index contributed by atoms with van der Waals surface area (Å²) in [6.07, 6.45) is 0.897. The number of anilines is 1. The predicted octanol–water partition coefficient (Wildman–Crippen LogP) is 2.54. The summed E-state index contributed by atoms with van der Waals surface area (Å²) in [5, 5.41) is 3.27. The van der Waals surface area contributed by atoms with E-state index in [1.54, 1.807) is 23.1 Å². The maximum absolute atomic E-state index is 13.0. The van der Waals surface area contributed by atoms with Crippen LogP contribution in [0.2, 0.25) is 0 Å². The third-order valence-electron chi connectivity index (χ3n) is 5.37. The van der Waals surface area contributed by atoms with E-state index >= 15 is 0 Å². The third-order valence-corrected chi connectivity index (χ3v) is 5.37. The Labute approximate surface area is 164 Å². The quantitative estimate of drug-likeness (QED) is 0.817. The summed E-state index contributed by atoms with van der Waals surface area (Å²) in [7, 11) is 0. The Kier molecular flexibility index (Phi) is 4.73. The van der Waals surface area contributed by atoms with Crippen LogP contribution >= 0.6 is 0 Å². The van der Waals surface area contributed by atoms with Gasteiger partial charge >= 0.3 is 0 Å². The van der Waals surface area contributed by atoms with Crippen molar-refractivity contribution >= 4 is 23.4 Å². The Morgan fingerprint density at radius 1 is 0.929 bits per heavy atom. The maximum atomic E-state index is 13.0. The molecule has 1 saturated heterocycles. The molecule has 0 saturated carbocycles. The summed E-state index contributed by atoms with van der Waals surface area (Å²) in [5.41, 5.74) is 3.52. The second-order valence-electron chi connectivity index (χ2n) is 7.39. The van der Waals surface area contributed by atoms with Gasteiger partial charge in [0.05, 0.1) is 16.8 Å². The first-order chi connectivity index (χ1) is 13.5. The third kappa shape index (κ3) is 3.10. The molecule has 3 amide bonds. The highest BCUT2D eigenvalue weighted by Crippen LogP contribution is 2.32. The number of carbonyl (C=O) groups excluding carboxylic acids is 3. The van der Waals surface area contributed by atoms with Crippen LogP contribution in [-0.2, 0) is 0 Å². The van der Waals surface area contributed by atoms with Gasteiger partial charge in [-0.05, 0) is 62.2 Å². The van der Waals surface area contributed by atoms with Gasteiger partial charge in [-0.1, -0.05) is 12.1 Å². The molecule has 28 heavy (non-hydrogen) atoms. The van der Waals surface area contributed by atoms with E-state index in [1.165, 1.54) is 4.90 Å². The van der Waals surface area contributed by atoms with Crippen molar-refractivity contribution in [2.45, 2.75) is 20.3 Å². The van der Waals surface area contributed by atoms with Gasteiger partial charge in [0, 0.05) is 25.2 Å². The molecule has 0 atom stereocenters. The molecule has 2 aliphatic heterocycles. The van der Waals surface area contributed by atoms with E-state index in [1.807, 2.05) is 32.0 Å². The molecular weight excluding hydrogens is 354 g/mol. The number of rotatable bonds is 2. The highest BCUT2D eigenvalue weighted by Gasteiger charge is 2.38. The van der Waals surface area contributed by atoms with Crippen LogP contribution in [0, 0.1) is 13.8 Å². The number of carbonyl (C=O) groups is 3. The molecule has 1 N–H and O–H groups in total. The minimum absolute atomic E-state index is 0.100. The zero-order valence-corrected chi connectivity index (χ0v) is 16.1. The van der Waals surface area contributed by atoms with Crippen molar-refractivity contribution < 1.29 is 14.4 Å². The van der Waals surface area contributed by atoms with Crippen molar-refractivity contribution in [3.63, 3.8) is 0 Å². The monoisotopic (exact) mass is 377 g/mol. The van der Waals surface area contributed by atoms with Gasteiger partial charge in [0.1, 0.15) is 0 Å². The van der Waals surface area contributed by atoms with Gasteiger partial charge in [0.25, 0.3) is 17.7 Å². The largest absolute Gasteiger partial charge is 0.337 e. The van der Waals surface area contributed by atoms with E-state index in [0.717, 1.165) is 30.6 Å². The smallest absolute Gasteiger partial charge is 0.266 e. The lowest BCUT2D eigenvalue weighted by atomic mass is 10.0. The van der Waals surface area contributed by atoms with Crippen LogP contribution in [0.5, 0.6) is 0 Å². The molecule has 0 bridgehead atoms. The molecule has 2 aliphatic rings. The van der Waals surface area contributed by atoms with E-state index in [9.17, 15) is 14.4 Å². The molecule has 2 aromatic rings. The molecule has 2 heterocycles. The Morgan fingerprint density at radius 2 is 1.71 bits per heavy atom. The number of benzene rings is 2. The van der Waals surface area contributed by atoms with Gasteiger partial charge in [-0.3, -0.25) is 14.4 Å². The Bertz CT molecular complexity index is 975. The molecule has 0 aliphatic carbocycles. The van der Waals surface area contributed by atoms with Gasteiger partial charge in [-0.2, -0.15) is 0 Å². The summed E-state index contributed by atoms with van der Waals surface area (Å²) in [6.45, 7) is 6.77. The lowest BCUT2D eigenvalue weighted by Gasteiger charge is -2.20. The van der Waals surface area contributed by atoms with Gasteiger partial charge in [-0.15, -0.1) is 0 Å². The van der Waals surface area contributed by atoms with Gasteiger partial charge < -0.3 is 10.2 Å². The summed E-state index contributed by atoms with van der Waals surface area (Å²) < 4.78 is 0. The van der Waals surface area contributed by atoms with Gasteiger partial charge in [0.2, 0.25) is 0 Å². The van der Waals surface area contributed by atoms with Crippen molar-refractivity contribution in [1.82, 2.24) is 10.2 Å². The molecular formula is C22H23N3O3. The van der Waals surface area contributed by atoms with E-state index in [0.29, 0.717) is 35.5 Å². The number of aryl methyl sites for hydroxylation is 2. The van der Waals surface area contributed by atoms with Crippen molar-refractivity contribution in [3.05, 3.63) is 64.2 Å². The lowest BCUT2D eigenvalue weighted by molar-refractivity contribution is 0.0766. The summed E-state index contributed by atoms with van der Waals surface area (Å²) in [5.74, 6) is -0.815. The van der Waals surface area contributed by atoms with E-state index in [4.69, 9.17) is 0 Å². The zero-order chi connectivity index (χ0) is 19.8. The minimum Gasteiger partial charge on any atom is -0.337 e. The molecule has 0 radical (unpaired) electrons. The number of fused-ring (bicyclic) bond motifs is 1. The van der Waals surface area contributed by atoms with Crippen molar-refractivity contribution in [3.8, 4) is 0 Å². The fraction of sp³-hybridized carbons (Fsp3) is 0.318. The van der Waals surface area contributed by atoms with E-state index in [-0.39, 0.29) is 17.7 Å². The average molecular weight is 377 g/mol. The highest BCUT2D eigenvalue weighted by atomic mass is 16.2. The normalized spacial score (nSPS) is 16.9. The van der Waals surface area contributed by atoms with Crippen LogP contribution in [0.1, 0.15) is 48.6 Å². The van der Waals surface area contributed by atoms with Crippen LogP contribution in [-0.4, -0.2) is 48.8 Å². The van der Waals surface area contributed by atoms with Crippen LogP contribution in [0.3, 0.4) is 0 Å². The molecule has 2 aromatic carbocycles. The molecule has 4 rings (SSSR count). The molecule has 144 valence electrons. The molecule has 0 aromatic heterocycles. The van der Waals surface area contributed by atoms with Crippen molar-refractivity contribution in [1.29, 1.82) is 0 Å². The fourth-order valence-corrected chi connectivity index (χ4v) is 3.78. The topological polar surface area (TPSA) is 69.7 Å². The number of imide groups is 1. The number of nitrogens with one attached hydrogen (secondary N) is 1. The standard InChI is InChI=1S/C22H23N3O3/c1-14-4-5-15(2)19(12-14)25-21(27)17-7-6-16(13-18(17)22(25)28)20(26)24-10-3-8-23-9-11-24/h4-7,12-13,23H,3,8-11H2,1-2H3. The molecule has 6 heteroatoms.